The van der Waals surface area contributed by atoms with Gasteiger partial charge in [0.05, 0.1) is 0 Å². The summed E-state index contributed by atoms with van der Waals surface area (Å²) < 4.78 is 0. The van der Waals surface area contributed by atoms with Crippen LogP contribution >= 0.6 is 12.2 Å². The molecule has 1 aliphatic carbocycles. The van der Waals surface area contributed by atoms with Gasteiger partial charge in [-0.3, -0.25) is 0 Å². The third-order valence-electron chi connectivity index (χ3n) is 2.86. The number of aliphatic hydroxyl groups excluding tert-OH is 1. The van der Waals surface area contributed by atoms with Crippen molar-refractivity contribution < 1.29 is 5.11 Å². The molecule has 1 saturated carbocycles. The van der Waals surface area contributed by atoms with Crippen LogP contribution in [0.2, 0.25) is 0 Å². The van der Waals surface area contributed by atoms with E-state index in [1.807, 2.05) is 0 Å². The number of aliphatic hydroxyl groups is 1. The Bertz CT molecular complexity index is 216. The highest BCUT2D eigenvalue weighted by Crippen LogP contribution is 2.27. The van der Waals surface area contributed by atoms with Gasteiger partial charge < -0.3 is 10.4 Å². The van der Waals surface area contributed by atoms with E-state index in [0.717, 1.165) is 12.8 Å². The lowest BCUT2D eigenvalue weighted by atomic mass is 9.85. The molecule has 15 heavy (non-hydrogen) atoms. The van der Waals surface area contributed by atoms with Crippen molar-refractivity contribution in [2.75, 3.05) is 0 Å². The lowest BCUT2D eigenvalue weighted by Crippen LogP contribution is -2.47. The summed E-state index contributed by atoms with van der Waals surface area (Å²) >= 11 is 5.24. The summed E-state index contributed by atoms with van der Waals surface area (Å²) in [6, 6.07) is 0. The maximum absolute atomic E-state index is 10.1. The molecule has 1 rings (SSSR count). The highest BCUT2D eigenvalue weighted by atomic mass is 32.1. The second-order valence-corrected chi connectivity index (χ2v) is 6.02. The maximum atomic E-state index is 10.1. The average Bonchev–Trinajstić information content (AvgIpc) is 2.15. The summed E-state index contributed by atoms with van der Waals surface area (Å²) in [5.74, 6) is 0.376. The first kappa shape index (κ1) is 12.9. The number of hydrogen-bond donors (Lipinski definition) is 2. The van der Waals surface area contributed by atoms with Gasteiger partial charge in [-0.05, 0) is 39.5 Å². The molecule has 0 heterocycles. The Morgan fingerprint density at radius 1 is 1.27 bits per heavy atom. The summed E-state index contributed by atoms with van der Waals surface area (Å²) in [5.41, 5.74) is -0.0489. The van der Waals surface area contributed by atoms with Gasteiger partial charge in [-0.15, -0.1) is 0 Å². The molecule has 0 aromatic heterocycles. The first-order valence-corrected chi connectivity index (χ1v) is 6.31. The molecule has 0 bridgehead atoms. The fraction of sp³-hybridized carbons (Fsp3) is 0.917. The van der Waals surface area contributed by atoms with E-state index in [0.29, 0.717) is 10.9 Å². The lowest BCUT2D eigenvalue weighted by molar-refractivity contribution is 0.138. The average molecular weight is 229 g/mol. The smallest absolute Gasteiger partial charge is 0.107 e. The highest BCUT2D eigenvalue weighted by Gasteiger charge is 2.26. The van der Waals surface area contributed by atoms with E-state index in [9.17, 15) is 5.11 Å². The van der Waals surface area contributed by atoms with Crippen molar-refractivity contribution in [1.29, 1.82) is 0 Å². The molecular weight excluding hydrogens is 206 g/mol. The van der Waals surface area contributed by atoms with E-state index >= 15 is 0 Å². The van der Waals surface area contributed by atoms with Crippen molar-refractivity contribution >= 4 is 17.2 Å². The summed E-state index contributed by atoms with van der Waals surface area (Å²) in [6.45, 7) is 6.19. The number of hydrogen-bond acceptors (Lipinski definition) is 2. The Morgan fingerprint density at radius 3 is 2.27 bits per heavy atom. The first-order valence-electron chi connectivity index (χ1n) is 5.90. The van der Waals surface area contributed by atoms with Crippen molar-refractivity contribution in [3.05, 3.63) is 0 Å². The van der Waals surface area contributed by atoms with E-state index in [1.54, 1.807) is 0 Å². The zero-order chi connectivity index (χ0) is 11.5. The summed E-state index contributed by atoms with van der Waals surface area (Å²) in [6.07, 6.45) is 5.57. The van der Waals surface area contributed by atoms with E-state index in [2.05, 4.69) is 26.1 Å². The molecule has 0 saturated heterocycles. The Morgan fingerprint density at radius 2 is 1.80 bits per heavy atom. The Balaban J connectivity index is 2.44. The molecule has 1 fully saturated rings. The van der Waals surface area contributed by atoms with Crippen molar-refractivity contribution in [2.24, 2.45) is 5.92 Å². The molecule has 2 N–H and O–H groups in total. The lowest BCUT2D eigenvalue weighted by Gasteiger charge is -2.31. The van der Waals surface area contributed by atoms with Crippen LogP contribution in [0.15, 0.2) is 0 Å². The monoisotopic (exact) mass is 229 g/mol. The van der Waals surface area contributed by atoms with Crippen LogP contribution in [-0.2, 0) is 0 Å². The third-order valence-corrected chi connectivity index (χ3v) is 3.21. The van der Waals surface area contributed by atoms with Crippen LogP contribution in [0, 0.1) is 5.92 Å². The first-order chi connectivity index (χ1) is 6.90. The second kappa shape index (κ2) is 5.26. The minimum Gasteiger partial charge on any atom is -0.386 e. The van der Waals surface area contributed by atoms with Crippen LogP contribution in [-0.4, -0.2) is 21.7 Å². The van der Waals surface area contributed by atoms with E-state index in [-0.39, 0.29) is 5.54 Å². The largest absolute Gasteiger partial charge is 0.386 e. The van der Waals surface area contributed by atoms with Gasteiger partial charge in [0.25, 0.3) is 0 Å². The minimum absolute atomic E-state index is 0.0489. The SMILES string of the molecule is CC(C)(C)NC(=S)C(O)C1CCCCC1. The molecule has 3 heteroatoms. The molecule has 0 spiro atoms. The standard InChI is InChI=1S/C12H23NOS/c1-12(2,3)13-11(15)10(14)9-7-5-4-6-8-9/h9-10,14H,4-8H2,1-3H3,(H,13,15). The van der Waals surface area contributed by atoms with Gasteiger partial charge in [0, 0.05) is 5.54 Å². The van der Waals surface area contributed by atoms with Crippen LogP contribution in [0.3, 0.4) is 0 Å². The van der Waals surface area contributed by atoms with Crippen molar-refractivity contribution in [2.45, 2.75) is 64.5 Å². The van der Waals surface area contributed by atoms with E-state index < -0.39 is 6.10 Å². The molecule has 0 aromatic carbocycles. The predicted octanol–water partition coefficient (Wildman–Crippen LogP) is 2.64. The molecule has 0 aromatic rings. The number of nitrogens with one attached hydrogen (secondary N) is 1. The molecule has 1 unspecified atom stereocenters. The second-order valence-electron chi connectivity index (χ2n) is 5.58. The summed E-state index contributed by atoms with van der Waals surface area (Å²) in [7, 11) is 0. The molecular formula is C12H23NOS. The molecule has 1 aliphatic rings. The minimum atomic E-state index is -0.445. The Labute approximate surface area is 98.5 Å². The fourth-order valence-corrected chi connectivity index (χ4v) is 2.61. The van der Waals surface area contributed by atoms with Crippen LogP contribution in [0.4, 0.5) is 0 Å². The number of rotatable bonds is 2. The summed E-state index contributed by atoms with van der Waals surface area (Å²) in [4.78, 5) is 0.620. The van der Waals surface area contributed by atoms with Crippen LogP contribution in [0.1, 0.15) is 52.9 Å². The molecule has 0 radical (unpaired) electrons. The highest BCUT2D eigenvalue weighted by molar-refractivity contribution is 7.80. The summed E-state index contributed by atoms with van der Waals surface area (Å²) in [5, 5.41) is 13.3. The number of thiocarbonyl (C=S) groups is 1. The van der Waals surface area contributed by atoms with Crippen LogP contribution < -0.4 is 5.32 Å². The Hall–Kier alpha value is -0.150. The van der Waals surface area contributed by atoms with E-state index in [1.165, 1.54) is 19.3 Å². The quantitative estimate of drug-likeness (QED) is 0.714. The predicted molar refractivity (Wildman–Crippen MR) is 68.1 cm³/mol. The van der Waals surface area contributed by atoms with Gasteiger partial charge in [-0.25, -0.2) is 0 Å². The van der Waals surface area contributed by atoms with Crippen molar-refractivity contribution in [3.8, 4) is 0 Å². The fourth-order valence-electron chi connectivity index (χ4n) is 2.11. The van der Waals surface area contributed by atoms with Gasteiger partial charge in [0.15, 0.2) is 0 Å². The zero-order valence-corrected chi connectivity index (χ0v) is 10.9. The third kappa shape index (κ3) is 4.47. The molecule has 1 atom stereocenters. The van der Waals surface area contributed by atoms with Gasteiger partial charge in [0.2, 0.25) is 0 Å². The van der Waals surface area contributed by atoms with Crippen LogP contribution in [0.5, 0.6) is 0 Å². The van der Waals surface area contributed by atoms with Gasteiger partial charge in [-0.1, -0.05) is 31.5 Å². The van der Waals surface area contributed by atoms with Crippen LogP contribution in [0.25, 0.3) is 0 Å². The van der Waals surface area contributed by atoms with Crippen molar-refractivity contribution in [1.82, 2.24) is 5.32 Å². The maximum Gasteiger partial charge on any atom is 0.107 e. The molecule has 0 aliphatic heterocycles. The zero-order valence-electron chi connectivity index (χ0n) is 10.0. The van der Waals surface area contributed by atoms with Crippen molar-refractivity contribution in [3.63, 3.8) is 0 Å². The van der Waals surface area contributed by atoms with E-state index in [4.69, 9.17) is 12.2 Å². The normalized spacial score (nSPS) is 21.1. The topological polar surface area (TPSA) is 32.3 Å². The van der Waals surface area contributed by atoms with Gasteiger partial charge >= 0.3 is 0 Å². The molecule has 88 valence electrons. The molecule has 2 nitrogen and oxygen atoms in total. The molecule has 0 amide bonds. The van der Waals surface area contributed by atoms with Gasteiger partial charge in [0.1, 0.15) is 11.1 Å². The Kier molecular flexibility index (Phi) is 4.53. The van der Waals surface area contributed by atoms with Gasteiger partial charge in [-0.2, -0.15) is 0 Å².